The molecule has 2 aromatic rings. The van der Waals surface area contributed by atoms with Crippen molar-refractivity contribution < 1.29 is 19.1 Å². The second-order valence-corrected chi connectivity index (χ2v) is 6.09. The van der Waals surface area contributed by atoms with Gasteiger partial charge in [-0.05, 0) is 24.6 Å². The number of aromatic nitrogens is 1. The molecule has 1 heterocycles. The fourth-order valence-corrected chi connectivity index (χ4v) is 2.75. The molecule has 0 bridgehead atoms. The number of anilines is 1. The molecule has 2 rings (SSSR count). The quantitative estimate of drug-likeness (QED) is 0.691. The maximum Gasteiger partial charge on any atom is 0.254 e. The number of carbonyl (C=O) groups excluding carboxylic acids is 2. The molecule has 7 nitrogen and oxygen atoms in total. The van der Waals surface area contributed by atoms with Crippen molar-refractivity contribution in [2.75, 3.05) is 39.2 Å². The average molecular weight is 363 g/mol. The van der Waals surface area contributed by atoms with Crippen molar-refractivity contribution in [3.8, 4) is 5.75 Å². The summed E-state index contributed by atoms with van der Waals surface area (Å²) in [5.74, 6) is 0.0721. The second kappa shape index (κ2) is 9.75. The van der Waals surface area contributed by atoms with Crippen molar-refractivity contribution in [2.24, 2.45) is 0 Å². The zero-order valence-corrected chi connectivity index (χ0v) is 15.0. The van der Waals surface area contributed by atoms with E-state index in [1.165, 1.54) is 16.2 Å². The van der Waals surface area contributed by atoms with E-state index in [1.807, 2.05) is 0 Å². The zero-order chi connectivity index (χ0) is 18.1. The van der Waals surface area contributed by atoms with E-state index in [2.05, 4.69) is 10.3 Å². The molecule has 0 spiro atoms. The Morgan fingerprint density at radius 3 is 2.84 bits per heavy atom. The Hall–Kier alpha value is -2.45. The lowest BCUT2D eigenvalue weighted by atomic mass is 10.2. The molecule has 2 amide bonds. The van der Waals surface area contributed by atoms with Crippen molar-refractivity contribution in [1.29, 1.82) is 0 Å². The number of amides is 2. The summed E-state index contributed by atoms with van der Waals surface area (Å²) in [6.45, 7) is 0.866. The lowest BCUT2D eigenvalue weighted by Crippen LogP contribution is -2.39. The first kappa shape index (κ1) is 18.9. The van der Waals surface area contributed by atoms with Crippen LogP contribution in [0.5, 0.6) is 5.75 Å². The summed E-state index contributed by atoms with van der Waals surface area (Å²) >= 11 is 1.33. The van der Waals surface area contributed by atoms with Crippen LogP contribution in [0.15, 0.2) is 35.8 Å². The number of ether oxygens (including phenoxy) is 2. The number of hydrogen-bond acceptors (Lipinski definition) is 6. The lowest BCUT2D eigenvalue weighted by molar-refractivity contribution is -0.116. The third-order valence-electron chi connectivity index (χ3n) is 3.39. The van der Waals surface area contributed by atoms with Crippen LogP contribution >= 0.6 is 11.3 Å². The first-order valence-corrected chi connectivity index (χ1v) is 8.63. The molecule has 0 radical (unpaired) electrons. The van der Waals surface area contributed by atoms with Crippen molar-refractivity contribution in [2.45, 2.75) is 6.42 Å². The van der Waals surface area contributed by atoms with E-state index in [4.69, 9.17) is 9.47 Å². The van der Waals surface area contributed by atoms with E-state index in [9.17, 15) is 9.59 Å². The van der Waals surface area contributed by atoms with Crippen LogP contribution in [0, 0.1) is 0 Å². The number of benzene rings is 1. The summed E-state index contributed by atoms with van der Waals surface area (Å²) < 4.78 is 10.2. The van der Waals surface area contributed by atoms with Crippen LogP contribution < -0.4 is 10.1 Å². The Morgan fingerprint density at radius 1 is 1.32 bits per heavy atom. The lowest BCUT2D eigenvalue weighted by Gasteiger charge is -2.22. The molecule has 1 aromatic heterocycles. The highest BCUT2D eigenvalue weighted by Gasteiger charge is 2.19. The van der Waals surface area contributed by atoms with Crippen LogP contribution in [-0.4, -0.2) is 55.6 Å². The molecule has 1 N–H and O–H groups in total. The number of rotatable bonds is 9. The summed E-state index contributed by atoms with van der Waals surface area (Å²) in [7, 11) is 3.14. The van der Waals surface area contributed by atoms with E-state index >= 15 is 0 Å². The van der Waals surface area contributed by atoms with E-state index < -0.39 is 0 Å². The van der Waals surface area contributed by atoms with Crippen LogP contribution in [0.3, 0.4) is 0 Å². The Kier molecular flexibility index (Phi) is 7.36. The summed E-state index contributed by atoms with van der Waals surface area (Å²) in [4.78, 5) is 30.5. The predicted molar refractivity (Wildman–Crippen MR) is 96.1 cm³/mol. The minimum Gasteiger partial charge on any atom is -0.497 e. The van der Waals surface area contributed by atoms with Gasteiger partial charge in [0, 0.05) is 37.4 Å². The monoisotopic (exact) mass is 363 g/mol. The molecule has 1 aromatic carbocycles. The number of hydrogen-bond donors (Lipinski definition) is 1. The molecular weight excluding hydrogens is 342 g/mol. The standard InChI is InChI=1S/C17H21N3O4S/c1-23-9-4-8-20(12-15(21)19-17-18-7-10-25-17)16(22)13-5-3-6-14(11-13)24-2/h3,5-7,10-11H,4,8-9,12H2,1-2H3,(H,18,19,21). The van der Waals surface area contributed by atoms with Gasteiger partial charge in [-0.1, -0.05) is 6.07 Å². The van der Waals surface area contributed by atoms with Gasteiger partial charge < -0.3 is 19.7 Å². The van der Waals surface area contributed by atoms with Gasteiger partial charge in [-0.25, -0.2) is 4.98 Å². The molecule has 0 aliphatic rings. The normalized spacial score (nSPS) is 10.3. The van der Waals surface area contributed by atoms with Gasteiger partial charge in [0.1, 0.15) is 12.3 Å². The number of nitrogens with one attached hydrogen (secondary N) is 1. The van der Waals surface area contributed by atoms with Gasteiger partial charge in [0.05, 0.1) is 7.11 Å². The van der Waals surface area contributed by atoms with Gasteiger partial charge in [-0.3, -0.25) is 9.59 Å². The van der Waals surface area contributed by atoms with Gasteiger partial charge in [0.25, 0.3) is 5.91 Å². The minimum absolute atomic E-state index is 0.0562. The van der Waals surface area contributed by atoms with Gasteiger partial charge >= 0.3 is 0 Å². The van der Waals surface area contributed by atoms with Gasteiger partial charge in [-0.2, -0.15) is 0 Å². The molecular formula is C17H21N3O4S. The second-order valence-electron chi connectivity index (χ2n) is 5.19. The number of methoxy groups -OCH3 is 2. The maximum absolute atomic E-state index is 12.8. The highest BCUT2D eigenvalue weighted by Crippen LogP contribution is 2.15. The zero-order valence-electron chi connectivity index (χ0n) is 14.2. The first-order valence-electron chi connectivity index (χ1n) is 7.75. The molecule has 8 heteroatoms. The van der Waals surface area contributed by atoms with Crippen LogP contribution in [-0.2, 0) is 9.53 Å². The first-order chi connectivity index (χ1) is 12.1. The van der Waals surface area contributed by atoms with Crippen molar-refractivity contribution >= 4 is 28.3 Å². The van der Waals surface area contributed by atoms with Gasteiger partial charge in [-0.15, -0.1) is 11.3 Å². The molecule has 25 heavy (non-hydrogen) atoms. The fraction of sp³-hybridized carbons (Fsp3) is 0.353. The van der Waals surface area contributed by atoms with Crippen LogP contribution in [0.2, 0.25) is 0 Å². The third-order valence-corrected chi connectivity index (χ3v) is 4.08. The van der Waals surface area contributed by atoms with E-state index in [-0.39, 0.29) is 18.4 Å². The molecule has 0 aliphatic heterocycles. The SMILES string of the molecule is COCCCN(CC(=O)Nc1nccs1)C(=O)c1cccc(OC)c1. The van der Waals surface area contributed by atoms with Crippen molar-refractivity contribution in [1.82, 2.24) is 9.88 Å². The van der Waals surface area contributed by atoms with Crippen molar-refractivity contribution in [3.05, 3.63) is 41.4 Å². The summed E-state index contributed by atoms with van der Waals surface area (Å²) in [6, 6.07) is 6.87. The molecule has 0 saturated carbocycles. The van der Waals surface area contributed by atoms with Crippen molar-refractivity contribution in [3.63, 3.8) is 0 Å². The van der Waals surface area contributed by atoms with Gasteiger partial charge in [0.2, 0.25) is 5.91 Å². The molecule has 0 atom stereocenters. The number of thiazole rings is 1. The Bertz CT molecular complexity index is 691. The smallest absolute Gasteiger partial charge is 0.254 e. The highest BCUT2D eigenvalue weighted by molar-refractivity contribution is 7.13. The van der Waals surface area contributed by atoms with Crippen LogP contribution in [0.1, 0.15) is 16.8 Å². The summed E-state index contributed by atoms with van der Waals surface area (Å²) in [5, 5.41) is 4.97. The maximum atomic E-state index is 12.8. The summed E-state index contributed by atoms with van der Waals surface area (Å²) in [5.41, 5.74) is 0.471. The average Bonchev–Trinajstić information content (AvgIpc) is 3.13. The van der Waals surface area contributed by atoms with E-state index in [0.717, 1.165) is 0 Å². The Labute approximate surface area is 150 Å². The number of nitrogens with zero attached hydrogens (tertiary/aromatic N) is 2. The van der Waals surface area contributed by atoms with Crippen LogP contribution in [0.25, 0.3) is 0 Å². The molecule has 134 valence electrons. The third kappa shape index (κ3) is 5.84. The minimum atomic E-state index is -0.288. The molecule has 0 aliphatic carbocycles. The topological polar surface area (TPSA) is 80.8 Å². The fourth-order valence-electron chi connectivity index (χ4n) is 2.21. The Morgan fingerprint density at radius 2 is 2.16 bits per heavy atom. The largest absolute Gasteiger partial charge is 0.497 e. The molecule has 0 saturated heterocycles. The molecule has 0 unspecified atom stereocenters. The highest BCUT2D eigenvalue weighted by atomic mass is 32.1. The van der Waals surface area contributed by atoms with Crippen LogP contribution in [0.4, 0.5) is 5.13 Å². The van der Waals surface area contributed by atoms with Gasteiger partial charge in [0.15, 0.2) is 5.13 Å². The van der Waals surface area contributed by atoms with E-state index in [0.29, 0.717) is 36.0 Å². The predicted octanol–water partition coefficient (Wildman–Crippen LogP) is 2.27. The Balaban J connectivity index is 2.07. The molecule has 0 fully saturated rings. The number of carbonyl (C=O) groups is 2. The van der Waals surface area contributed by atoms with E-state index in [1.54, 1.807) is 50.1 Å². The summed E-state index contributed by atoms with van der Waals surface area (Å²) in [6.07, 6.45) is 2.24.